The molecule has 1 unspecified atom stereocenters. The van der Waals surface area contributed by atoms with E-state index in [-0.39, 0.29) is 17.7 Å². The van der Waals surface area contributed by atoms with Gasteiger partial charge in [0, 0.05) is 6.42 Å². The lowest BCUT2D eigenvalue weighted by molar-refractivity contribution is 0.0598. The summed E-state index contributed by atoms with van der Waals surface area (Å²) < 4.78 is 34.5. The molecule has 6 heteroatoms. The number of Topliss-reactive ketones (excluding diaryl/α,β-unsaturated/α-hetero) is 1. The highest BCUT2D eigenvalue weighted by atomic mass is 19.3. The van der Waals surface area contributed by atoms with E-state index >= 15 is 0 Å². The van der Waals surface area contributed by atoms with Crippen molar-refractivity contribution >= 4 is 11.8 Å². The van der Waals surface area contributed by atoms with Gasteiger partial charge in [0.2, 0.25) is 6.43 Å². The maximum absolute atomic E-state index is 12.3. The van der Waals surface area contributed by atoms with Crippen molar-refractivity contribution in [3.63, 3.8) is 0 Å². The first-order valence-corrected chi connectivity index (χ1v) is 5.70. The molecule has 0 aliphatic carbocycles. The fourth-order valence-corrected chi connectivity index (χ4v) is 1.97. The number of hydrogen-bond donors (Lipinski definition) is 0. The van der Waals surface area contributed by atoms with Crippen LogP contribution in [-0.2, 0) is 4.74 Å². The lowest BCUT2D eigenvalue weighted by Crippen LogP contribution is -2.29. The minimum atomic E-state index is -2.57. The summed E-state index contributed by atoms with van der Waals surface area (Å²) in [6.45, 7) is -0.0618. The summed E-state index contributed by atoms with van der Waals surface area (Å²) in [5.74, 6) is -1.58. The second-order valence-corrected chi connectivity index (χ2v) is 4.20. The van der Waals surface area contributed by atoms with E-state index in [1.807, 2.05) is 0 Å². The number of hydrogen-bond acceptors (Lipinski definition) is 4. The Morgan fingerprint density at radius 2 is 2.26 bits per heavy atom. The quantitative estimate of drug-likeness (QED) is 0.791. The van der Waals surface area contributed by atoms with Gasteiger partial charge in [-0.1, -0.05) is 0 Å². The molecule has 1 atom stereocenters. The Balaban J connectivity index is 2.30. The van der Waals surface area contributed by atoms with Crippen molar-refractivity contribution in [2.45, 2.75) is 12.8 Å². The second kappa shape index (κ2) is 5.34. The number of benzene rings is 1. The van der Waals surface area contributed by atoms with Crippen LogP contribution in [0, 0.1) is 5.92 Å². The Bertz CT molecular complexity index is 513. The van der Waals surface area contributed by atoms with Gasteiger partial charge in [-0.3, -0.25) is 4.79 Å². The lowest BCUT2D eigenvalue weighted by atomic mass is 9.91. The van der Waals surface area contributed by atoms with Crippen molar-refractivity contribution in [1.82, 2.24) is 0 Å². The van der Waals surface area contributed by atoms with Crippen molar-refractivity contribution < 1.29 is 27.8 Å². The molecule has 102 valence electrons. The van der Waals surface area contributed by atoms with Gasteiger partial charge in [-0.25, -0.2) is 13.6 Å². The van der Waals surface area contributed by atoms with Gasteiger partial charge in [0.05, 0.1) is 30.8 Å². The SMILES string of the molecule is COC(=O)c1ccc2c(c1)C(=O)C(CC(F)F)CO2. The number of rotatable bonds is 3. The largest absolute Gasteiger partial charge is 0.492 e. The number of fused-ring (bicyclic) bond motifs is 1. The number of halogens is 2. The van der Waals surface area contributed by atoms with Gasteiger partial charge >= 0.3 is 5.97 Å². The molecule has 19 heavy (non-hydrogen) atoms. The number of carbonyl (C=O) groups excluding carboxylic acids is 2. The minimum Gasteiger partial charge on any atom is -0.492 e. The van der Waals surface area contributed by atoms with Crippen molar-refractivity contribution in [1.29, 1.82) is 0 Å². The normalized spacial score (nSPS) is 17.9. The molecule has 0 spiro atoms. The molecule has 0 aromatic heterocycles. The molecule has 0 bridgehead atoms. The van der Waals surface area contributed by atoms with Crippen LogP contribution in [0.5, 0.6) is 5.75 Å². The third-order valence-corrected chi connectivity index (χ3v) is 2.94. The van der Waals surface area contributed by atoms with Crippen LogP contribution in [0.4, 0.5) is 8.78 Å². The van der Waals surface area contributed by atoms with Crippen LogP contribution in [0.3, 0.4) is 0 Å². The molecule has 0 saturated heterocycles. The molecular formula is C13H12F2O4. The number of alkyl halides is 2. The van der Waals surface area contributed by atoms with E-state index in [0.717, 1.165) is 0 Å². The molecule has 0 N–H and O–H groups in total. The number of methoxy groups -OCH3 is 1. The van der Waals surface area contributed by atoms with Crippen LogP contribution in [0.2, 0.25) is 0 Å². The zero-order chi connectivity index (χ0) is 14.0. The molecule has 2 rings (SSSR count). The summed E-state index contributed by atoms with van der Waals surface area (Å²) >= 11 is 0. The summed E-state index contributed by atoms with van der Waals surface area (Å²) in [6, 6.07) is 4.25. The lowest BCUT2D eigenvalue weighted by Gasteiger charge is -2.24. The Kier molecular flexibility index (Phi) is 3.78. The monoisotopic (exact) mass is 270 g/mol. The number of ether oxygens (including phenoxy) is 2. The van der Waals surface area contributed by atoms with E-state index < -0.39 is 30.5 Å². The first-order valence-electron chi connectivity index (χ1n) is 5.70. The molecule has 1 heterocycles. The summed E-state index contributed by atoms with van der Waals surface area (Å²) in [5, 5.41) is 0. The zero-order valence-electron chi connectivity index (χ0n) is 10.2. The van der Waals surface area contributed by atoms with Crippen molar-refractivity contribution in [3.05, 3.63) is 29.3 Å². The van der Waals surface area contributed by atoms with Gasteiger partial charge in [0.15, 0.2) is 5.78 Å². The van der Waals surface area contributed by atoms with Crippen LogP contribution in [0.15, 0.2) is 18.2 Å². The highest BCUT2D eigenvalue weighted by Gasteiger charge is 2.31. The topological polar surface area (TPSA) is 52.6 Å². The maximum Gasteiger partial charge on any atom is 0.337 e. The summed E-state index contributed by atoms with van der Waals surface area (Å²) in [6.07, 6.45) is -3.11. The van der Waals surface area contributed by atoms with Crippen LogP contribution in [-0.4, -0.2) is 31.9 Å². The van der Waals surface area contributed by atoms with Gasteiger partial charge in [0.25, 0.3) is 0 Å². The third-order valence-electron chi connectivity index (χ3n) is 2.94. The summed E-state index contributed by atoms with van der Waals surface area (Å²) in [4.78, 5) is 23.4. The van der Waals surface area contributed by atoms with E-state index in [1.54, 1.807) is 0 Å². The molecule has 0 saturated carbocycles. The average molecular weight is 270 g/mol. The first-order chi connectivity index (χ1) is 9.02. The van der Waals surface area contributed by atoms with Gasteiger partial charge in [-0.2, -0.15) is 0 Å². The average Bonchev–Trinajstić information content (AvgIpc) is 2.40. The molecule has 1 aromatic rings. The fourth-order valence-electron chi connectivity index (χ4n) is 1.97. The van der Waals surface area contributed by atoms with Crippen LogP contribution >= 0.6 is 0 Å². The van der Waals surface area contributed by atoms with E-state index in [4.69, 9.17) is 4.74 Å². The standard InChI is InChI=1S/C13H12F2O4/c1-18-13(17)7-2-3-10-9(4-7)12(16)8(6-19-10)5-11(14)15/h2-4,8,11H,5-6H2,1H3. The van der Waals surface area contributed by atoms with Gasteiger partial charge in [-0.15, -0.1) is 0 Å². The van der Waals surface area contributed by atoms with Gasteiger partial charge in [-0.05, 0) is 18.2 Å². The van der Waals surface area contributed by atoms with Crippen LogP contribution in [0.1, 0.15) is 27.1 Å². The highest BCUT2D eigenvalue weighted by molar-refractivity contribution is 6.03. The Labute approximate surface area is 108 Å². The first kappa shape index (κ1) is 13.5. The van der Waals surface area contributed by atoms with E-state index in [1.165, 1.54) is 25.3 Å². The predicted molar refractivity (Wildman–Crippen MR) is 61.7 cm³/mol. The maximum atomic E-state index is 12.3. The van der Waals surface area contributed by atoms with Gasteiger partial charge in [0.1, 0.15) is 5.75 Å². The second-order valence-electron chi connectivity index (χ2n) is 4.20. The third kappa shape index (κ3) is 2.72. The minimum absolute atomic E-state index is 0.0618. The summed E-state index contributed by atoms with van der Waals surface area (Å²) in [5.41, 5.74) is 0.343. The predicted octanol–water partition coefficient (Wildman–Crippen LogP) is 2.32. The molecule has 0 amide bonds. The van der Waals surface area contributed by atoms with Crippen molar-refractivity contribution in [3.8, 4) is 5.75 Å². The molecule has 4 nitrogen and oxygen atoms in total. The molecule has 0 fully saturated rings. The number of carbonyl (C=O) groups is 2. The Morgan fingerprint density at radius 1 is 1.53 bits per heavy atom. The van der Waals surface area contributed by atoms with Crippen LogP contribution in [0.25, 0.3) is 0 Å². The zero-order valence-corrected chi connectivity index (χ0v) is 10.2. The van der Waals surface area contributed by atoms with Crippen molar-refractivity contribution in [2.75, 3.05) is 13.7 Å². The van der Waals surface area contributed by atoms with Gasteiger partial charge < -0.3 is 9.47 Å². The number of ketones is 1. The van der Waals surface area contributed by atoms with E-state index in [0.29, 0.717) is 5.75 Å². The highest BCUT2D eigenvalue weighted by Crippen LogP contribution is 2.30. The number of esters is 1. The fraction of sp³-hybridized carbons (Fsp3) is 0.385. The Hall–Kier alpha value is -1.98. The van der Waals surface area contributed by atoms with E-state index in [2.05, 4.69) is 4.74 Å². The van der Waals surface area contributed by atoms with E-state index in [9.17, 15) is 18.4 Å². The molecule has 1 aromatic carbocycles. The molecule has 1 aliphatic heterocycles. The smallest absolute Gasteiger partial charge is 0.337 e. The molecule has 1 aliphatic rings. The van der Waals surface area contributed by atoms with Crippen LogP contribution < -0.4 is 4.74 Å². The van der Waals surface area contributed by atoms with Crippen molar-refractivity contribution in [2.24, 2.45) is 5.92 Å². The molecule has 0 radical (unpaired) electrons. The Morgan fingerprint density at radius 3 is 2.89 bits per heavy atom. The molecular weight excluding hydrogens is 258 g/mol. The summed E-state index contributed by atoms with van der Waals surface area (Å²) in [7, 11) is 1.22.